The van der Waals surface area contributed by atoms with Crippen molar-refractivity contribution in [1.29, 1.82) is 0 Å². The molecule has 4 aromatic rings. The van der Waals surface area contributed by atoms with Crippen molar-refractivity contribution in [3.8, 4) is 22.8 Å². The number of carbonyl (C=O) groups is 1. The van der Waals surface area contributed by atoms with Crippen LogP contribution in [0.5, 0.6) is 11.5 Å². The Kier molecular flexibility index (Phi) is 7.67. The molecule has 2 aromatic carbocycles. The first-order valence-corrected chi connectivity index (χ1v) is 11.9. The molecule has 0 fully saturated rings. The van der Waals surface area contributed by atoms with Crippen LogP contribution in [-0.2, 0) is 4.79 Å². The summed E-state index contributed by atoms with van der Waals surface area (Å²) in [5.41, 5.74) is 3.42. The average Bonchev–Trinajstić information content (AvgIpc) is 2.87. The number of aromatic nitrogens is 2. The standard InChI is InChI=1S/C26H25Cl2N5O3/c1-5-29-26-16-10-21(33-25-14(2)7-6-8-17(25)31-13-34)30-12-15(16)9-18(32-26)22-23(27)19(35-3)11-20(36-4)24(22)28/h6-13H,5H2,1-4H3,(H,29,32)(H,30,33)(H,31,34). The van der Waals surface area contributed by atoms with Crippen molar-refractivity contribution in [2.24, 2.45) is 0 Å². The molecule has 0 aliphatic rings. The Morgan fingerprint density at radius 2 is 1.78 bits per heavy atom. The molecule has 0 saturated carbocycles. The van der Waals surface area contributed by atoms with Gasteiger partial charge in [0.1, 0.15) is 23.1 Å². The normalized spacial score (nSPS) is 10.7. The lowest BCUT2D eigenvalue weighted by molar-refractivity contribution is -0.105. The zero-order chi connectivity index (χ0) is 25.8. The number of fused-ring (bicyclic) bond motifs is 1. The van der Waals surface area contributed by atoms with E-state index in [1.165, 1.54) is 14.2 Å². The van der Waals surface area contributed by atoms with E-state index in [0.29, 0.717) is 63.1 Å². The molecular weight excluding hydrogens is 501 g/mol. The molecule has 0 aliphatic carbocycles. The predicted molar refractivity (Wildman–Crippen MR) is 146 cm³/mol. The SMILES string of the molecule is CCNc1nc(-c2c(Cl)c(OC)cc(OC)c2Cl)cc2cnc(Nc3c(C)cccc3NC=O)cc12. The van der Waals surface area contributed by atoms with Crippen molar-refractivity contribution < 1.29 is 14.3 Å². The summed E-state index contributed by atoms with van der Waals surface area (Å²) in [5.74, 6) is 2.09. The molecule has 36 heavy (non-hydrogen) atoms. The van der Waals surface area contributed by atoms with Gasteiger partial charge in [0.2, 0.25) is 6.41 Å². The molecule has 2 heterocycles. The van der Waals surface area contributed by atoms with Crippen LogP contribution in [0.15, 0.2) is 42.6 Å². The number of aryl methyl sites for hydroxylation is 1. The number of para-hydroxylation sites is 1. The van der Waals surface area contributed by atoms with Crippen molar-refractivity contribution >= 4 is 63.4 Å². The number of amides is 1. The van der Waals surface area contributed by atoms with Gasteiger partial charge in [-0.3, -0.25) is 4.79 Å². The molecule has 0 unspecified atom stereocenters. The lowest BCUT2D eigenvalue weighted by Crippen LogP contribution is -2.04. The van der Waals surface area contributed by atoms with Gasteiger partial charge in [0, 0.05) is 35.1 Å². The Bertz CT molecular complexity index is 1420. The highest BCUT2D eigenvalue weighted by atomic mass is 35.5. The van der Waals surface area contributed by atoms with E-state index >= 15 is 0 Å². The summed E-state index contributed by atoms with van der Waals surface area (Å²) in [5, 5.41) is 11.7. The summed E-state index contributed by atoms with van der Waals surface area (Å²) in [4.78, 5) is 20.5. The van der Waals surface area contributed by atoms with E-state index in [1.807, 2.05) is 44.2 Å². The molecule has 0 spiro atoms. The average molecular weight is 526 g/mol. The summed E-state index contributed by atoms with van der Waals surface area (Å²) in [7, 11) is 3.05. The van der Waals surface area contributed by atoms with Gasteiger partial charge < -0.3 is 25.4 Å². The van der Waals surface area contributed by atoms with Gasteiger partial charge in [0.15, 0.2) is 0 Å². The predicted octanol–water partition coefficient (Wildman–Crippen LogP) is 6.67. The highest BCUT2D eigenvalue weighted by Gasteiger charge is 2.21. The third kappa shape index (κ3) is 4.82. The number of anilines is 4. The van der Waals surface area contributed by atoms with E-state index in [0.717, 1.165) is 22.0 Å². The van der Waals surface area contributed by atoms with Gasteiger partial charge in [0.25, 0.3) is 0 Å². The Hall–Kier alpha value is -3.75. The number of halogens is 2. The highest BCUT2D eigenvalue weighted by molar-refractivity contribution is 6.41. The van der Waals surface area contributed by atoms with E-state index in [-0.39, 0.29) is 0 Å². The smallest absolute Gasteiger partial charge is 0.211 e. The highest BCUT2D eigenvalue weighted by Crippen LogP contribution is 2.46. The topological polar surface area (TPSA) is 97.4 Å². The molecule has 2 aromatic heterocycles. The van der Waals surface area contributed by atoms with Crippen molar-refractivity contribution in [1.82, 2.24) is 9.97 Å². The molecule has 8 nitrogen and oxygen atoms in total. The van der Waals surface area contributed by atoms with Gasteiger partial charge in [-0.05, 0) is 37.6 Å². The van der Waals surface area contributed by atoms with E-state index in [2.05, 4.69) is 20.9 Å². The number of hydrogen-bond donors (Lipinski definition) is 3. The Balaban J connectivity index is 1.86. The molecular formula is C26H25Cl2N5O3. The number of hydrogen-bond acceptors (Lipinski definition) is 7. The van der Waals surface area contributed by atoms with Crippen molar-refractivity contribution in [3.63, 3.8) is 0 Å². The Morgan fingerprint density at radius 1 is 1.06 bits per heavy atom. The zero-order valence-electron chi connectivity index (χ0n) is 20.2. The molecule has 4 rings (SSSR count). The summed E-state index contributed by atoms with van der Waals surface area (Å²) >= 11 is 13.3. The second kappa shape index (κ2) is 10.9. The third-order valence-electron chi connectivity index (χ3n) is 5.63. The van der Waals surface area contributed by atoms with Crippen molar-refractivity contribution in [3.05, 3.63) is 58.2 Å². The lowest BCUT2D eigenvalue weighted by Gasteiger charge is -2.17. The van der Waals surface area contributed by atoms with Gasteiger partial charge in [-0.25, -0.2) is 9.97 Å². The zero-order valence-corrected chi connectivity index (χ0v) is 21.7. The fraction of sp³-hybridized carbons (Fsp3) is 0.192. The van der Waals surface area contributed by atoms with Crippen LogP contribution in [0.4, 0.5) is 23.0 Å². The van der Waals surface area contributed by atoms with Gasteiger partial charge >= 0.3 is 0 Å². The number of rotatable bonds is 9. The number of carbonyl (C=O) groups excluding carboxylic acids is 1. The van der Waals surface area contributed by atoms with Crippen LogP contribution < -0.4 is 25.4 Å². The first-order chi connectivity index (χ1) is 17.4. The minimum absolute atomic E-state index is 0.332. The van der Waals surface area contributed by atoms with Crippen LogP contribution in [0.3, 0.4) is 0 Å². The number of nitrogens with zero attached hydrogens (tertiary/aromatic N) is 2. The van der Waals surface area contributed by atoms with Gasteiger partial charge in [-0.1, -0.05) is 35.3 Å². The number of benzene rings is 2. The second-order valence-electron chi connectivity index (χ2n) is 7.85. The van der Waals surface area contributed by atoms with Gasteiger partial charge in [0.05, 0.1) is 41.3 Å². The summed E-state index contributed by atoms with van der Waals surface area (Å²) in [6, 6.07) is 11.0. The van der Waals surface area contributed by atoms with Crippen molar-refractivity contribution in [2.75, 3.05) is 36.7 Å². The summed E-state index contributed by atoms with van der Waals surface area (Å²) in [6.45, 7) is 4.58. The minimum atomic E-state index is 0.332. The monoisotopic (exact) mass is 525 g/mol. The minimum Gasteiger partial charge on any atom is -0.495 e. The van der Waals surface area contributed by atoms with E-state index < -0.39 is 0 Å². The van der Waals surface area contributed by atoms with Gasteiger partial charge in [-0.2, -0.15) is 0 Å². The van der Waals surface area contributed by atoms with Crippen LogP contribution in [0, 0.1) is 6.92 Å². The van der Waals surface area contributed by atoms with Crippen LogP contribution in [0.25, 0.3) is 22.0 Å². The molecule has 3 N–H and O–H groups in total. The maximum absolute atomic E-state index is 11.1. The number of methoxy groups -OCH3 is 2. The summed E-state index contributed by atoms with van der Waals surface area (Å²) in [6.07, 6.45) is 2.39. The molecule has 1 amide bonds. The number of ether oxygens (including phenoxy) is 2. The number of pyridine rings is 2. The first kappa shape index (κ1) is 25.3. The van der Waals surface area contributed by atoms with Crippen LogP contribution >= 0.6 is 23.2 Å². The van der Waals surface area contributed by atoms with Crippen LogP contribution in [0.2, 0.25) is 10.0 Å². The number of nitrogens with one attached hydrogen (secondary N) is 3. The summed E-state index contributed by atoms with van der Waals surface area (Å²) < 4.78 is 10.8. The molecule has 0 bridgehead atoms. The molecule has 10 heteroatoms. The molecule has 0 aliphatic heterocycles. The molecule has 0 saturated heterocycles. The maximum Gasteiger partial charge on any atom is 0.211 e. The van der Waals surface area contributed by atoms with Gasteiger partial charge in [-0.15, -0.1) is 0 Å². The Morgan fingerprint density at radius 3 is 2.42 bits per heavy atom. The van der Waals surface area contributed by atoms with Crippen LogP contribution in [-0.4, -0.2) is 37.1 Å². The fourth-order valence-electron chi connectivity index (χ4n) is 3.90. The molecule has 0 radical (unpaired) electrons. The molecule has 0 atom stereocenters. The van der Waals surface area contributed by atoms with E-state index in [4.69, 9.17) is 37.7 Å². The van der Waals surface area contributed by atoms with E-state index in [9.17, 15) is 4.79 Å². The first-order valence-electron chi connectivity index (χ1n) is 11.1. The fourth-order valence-corrected chi connectivity index (χ4v) is 4.60. The quantitative estimate of drug-likeness (QED) is 0.210. The largest absolute Gasteiger partial charge is 0.495 e. The van der Waals surface area contributed by atoms with Crippen LogP contribution in [0.1, 0.15) is 12.5 Å². The third-order valence-corrected chi connectivity index (χ3v) is 6.38. The Labute approximate surface area is 219 Å². The second-order valence-corrected chi connectivity index (χ2v) is 8.60. The van der Waals surface area contributed by atoms with E-state index in [1.54, 1.807) is 12.3 Å². The van der Waals surface area contributed by atoms with Crippen molar-refractivity contribution in [2.45, 2.75) is 13.8 Å². The molecule has 186 valence electrons. The lowest BCUT2D eigenvalue weighted by atomic mass is 10.1. The maximum atomic E-state index is 11.1.